The number of hydrogen-bond donors (Lipinski definition) is 0. The Hall–Kier alpha value is -1.07. The lowest BCUT2D eigenvalue weighted by Crippen LogP contribution is -2.37. The quantitative estimate of drug-likeness (QED) is 0.742. The van der Waals surface area contributed by atoms with Gasteiger partial charge in [0.25, 0.3) is 0 Å². The van der Waals surface area contributed by atoms with E-state index in [1.165, 1.54) is 11.0 Å². The van der Waals surface area contributed by atoms with E-state index in [2.05, 4.69) is 0 Å². The van der Waals surface area contributed by atoms with Crippen molar-refractivity contribution in [1.29, 1.82) is 0 Å². The number of carbonyl (C=O) groups excluding carboxylic acids is 1. The number of benzene rings is 1. The Morgan fingerprint density at radius 2 is 2.05 bits per heavy atom. The van der Waals surface area contributed by atoms with Crippen molar-refractivity contribution < 1.29 is 18.0 Å². The fourth-order valence-corrected chi connectivity index (χ4v) is 2.30. The van der Waals surface area contributed by atoms with E-state index in [4.69, 9.17) is 11.6 Å². The molecule has 0 unspecified atom stereocenters. The normalized spacial score (nSPS) is 15.7. The van der Waals surface area contributed by atoms with Crippen LogP contribution in [0.3, 0.4) is 0 Å². The molecule has 1 aliphatic carbocycles. The first kappa shape index (κ1) is 15.3. The SMILES string of the molecule is O=C(CCN(CC(F)(F)F)C1CC1)c1cccc(Cl)c1. The zero-order valence-electron chi connectivity index (χ0n) is 10.8. The predicted molar refractivity (Wildman–Crippen MR) is 71.0 cm³/mol. The molecule has 6 heteroatoms. The van der Waals surface area contributed by atoms with Crippen LogP contribution in [0.25, 0.3) is 0 Å². The molecule has 2 nitrogen and oxygen atoms in total. The van der Waals surface area contributed by atoms with Crippen LogP contribution in [0.15, 0.2) is 24.3 Å². The van der Waals surface area contributed by atoms with E-state index in [1.54, 1.807) is 18.2 Å². The maximum absolute atomic E-state index is 12.5. The minimum atomic E-state index is -4.22. The van der Waals surface area contributed by atoms with Crippen molar-refractivity contribution in [2.45, 2.75) is 31.5 Å². The zero-order chi connectivity index (χ0) is 14.8. The maximum atomic E-state index is 12.5. The first-order chi connectivity index (χ1) is 9.35. The number of ketones is 1. The lowest BCUT2D eigenvalue weighted by atomic mass is 10.1. The molecule has 1 saturated carbocycles. The highest BCUT2D eigenvalue weighted by molar-refractivity contribution is 6.31. The minimum absolute atomic E-state index is 0.0243. The second-order valence-corrected chi connectivity index (χ2v) is 5.44. The molecule has 0 atom stereocenters. The zero-order valence-corrected chi connectivity index (χ0v) is 11.5. The van der Waals surface area contributed by atoms with Gasteiger partial charge in [-0.25, -0.2) is 0 Å². The van der Waals surface area contributed by atoms with Crippen LogP contribution in [0.5, 0.6) is 0 Å². The van der Waals surface area contributed by atoms with Crippen molar-refractivity contribution in [1.82, 2.24) is 4.90 Å². The van der Waals surface area contributed by atoms with E-state index >= 15 is 0 Å². The molecule has 1 aliphatic rings. The molecule has 0 bridgehead atoms. The van der Waals surface area contributed by atoms with Crippen molar-refractivity contribution in [3.8, 4) is 0 Å². The molecule has 0 radical (unpaired) electrons. The second-order valence-electron chi connectivity index (χ2n) is 5.00. The molecular weight excluding hydrogens is 291 g/mol. The van der Waals surface area contributed by atoms with Crippen LogP contribution >= 0.6 is 11.6 Å². The van der Waals surface area contributed by atoms with Gasteiger partial charge in [0.15, 0.2) is 5.78 Å². The van der Waals surface area contributed by atoms with Crippen LogP contribution in [-0.4, -0.2) is 36.0 Å². The number of rotatable bonds is 6. The summed E-state index contributed by atoms with van der Waals surface area (Å²) < 4.78 is 37.4. The van der Waals surface area contributed by atoms with Gasteiger partial charge in [-0.2, -0.15) is 13.2 Å². The van der Waals surface area contributed by atoms with Gasteiger partial charge in [0, 0.05) is 29.6 Å². The fraction of sp³-hybridized carbons (Fsp3) is 0.500. The summed E-state index contributed by atoms with van der Waals surface area (Å²) in [6, 6.07) is 6.44. The number of alkyl halides is 3. The molecule has 20 heavy (non-hydrogen) atoms. The molecule has 1 fully saturated rings. The Bertz CT molecular complexity index is 486. The van der Waals surface area contributed by atoms with Crippen molar-refractivity contribution in [2.75, 3.05) is 13.1 Å². The van der Waals surface area contributed by atoms with E-state index in [1.807, 2.05) is 0 Å². The highest BCUT2D eigenvalue weighted by Crippen LogP contribution is 2.30. The third-order valence-corrected chi connectivity index (χ3v) is 3.45. The molecule has 2 rings (SSSR count). The van der Waals surface area contributed by atoms with Crippen LogP contribution in [0.2, 0.25) is 5.02 Å². The fourth-order valence-electron chi connectivity index (χ4n) is 2.11. The highest BCUT2D eigenvalue weighted by Gasteiger charge is 2.37. The second kappa shape index (κ2) is 6.14. The Kier molecular flexibility index (Phi) is 4.70. The standard InChI is InChI=1S/C14H15ClF3NO/c15-11-3-1-2-10(8-11)13(20)6-7-19(12-4-5-12)9-14(16,17)18/h1-3,8,12H,4-7,9H2. The molecule has 0 aromatic heterocycles. The van der Waals surface area contributed by atoms with Gasteiger partial charge in [-0.15, -0.1) is 0 Å². The topological polar surface area (TPSA) is 20.3 Å². The Balaban J connectivity index is 1.90. The smallest absolute Gasteiger partial charge is 0.294 e. The number of hydrogen-bond acceptors (Lipinski definition) is 2. The molecule has 1 aromatic rings. The summed E-state index contributed by atoms with van der Waals surface area (Å²) in [4.78, 5) is 13.3. The average Bonchev–Trinajstić information content (AvgIpc) is 3.17. The van der Waals surface area contributed by atoms with Crippen molar-refractivity contribution in [2.24, 2.45) is 0 Å². The third-order valence-electron chi connectivity index (χ3n) is 3.22. The molecular formula is C14H15ClF3NO. The van der Waals surface area contributed by atoms with Gasteiger partial charge in [0.1, 0.15) is 0 Å². The van der Waals surface area contributed by atoms with Gasteiger partial charge in [-0.3, -0.25) is 9.69 Å². The van der Waals surface area contributed by atoms with Crippen LogP contribution in [0.4, 0.5) is 13.2 Å². The molecule has 110 valence electrons. The predicted octanol–water partition coefficient (Wildman–Crippen LogP) is 3.94. The largest absolute Gasteiger partial charge is 0.401 e. The van der Waals surface area contributed by atoms with E-state index in [0.717, 1.165) is 12.8 Å². The Morgan fingerprint density at radius 3 is 2.60 bits per heavy atom. The molecule has 1 aromatic carbocycles. The van der Waals surface area contributed by atoms with Crippen LogP contribution < -0.4 is 0 Å². The summed E-state index contributed by atoms with van der Waals surface area (Å²) in [7, 11) is 0. The van der Waals surface area contributed by atoms with Gasteiger partial charge in [-0.05, 0) is 25.0 Å². The Labute approximate surface area is 120 Å². The average molecular weight is 306 g/mol. The van der Waals surface area contributed by atoms with Crippen LogP contribution in [0, 0.1) is 0 Å². The molecule has 0 aliphatic heterocycles. The third kappa shape index (κ3) is 4.80. The van der Waals surface area contributed by atoms with Crippen LogP contribution in [-0.2, 0) is 0 Å². The number of halogens is 4. The minimum Gasteiger partial charge on any atom is -0.294 e. The summed E-state index contributed by atoms with van der Waals surface area (Å²) in [5.74, 6) is -0.180. The molecule has 0 heterocycles. The summed E-state index contributed by atoms with van der Waals surface area (Å²) in [6.07, 6.45) is -2.59. The lowest BCUT2D eigenvalue weighted by molar-refractivity contribution is -0.147. The molecule has 0 spiro atoms. The van der Waals surface area contributed by atoms with Gasteiger partial charge >= 0.3 is 6.18 Å². The van der Waals surface area contributed by atoms with Gasteiger partial charge in [0.2, 0.25) is 0 Å². The first-order valence-corrected chi connectivity index (χ1v) is 6.82. The van der Waals surface area contributed by atoms with E-state index in [0.29, 0.717) is 10.6 Å². The number of Topliss-reactive ketones (excluding diaryl/α,β-unsaturated/α-hetero) is 1. The number of carbonyl (C=O) groups is 1. The number of nitrogens with zero attached hydrogens (tertiary/aromatic N) is 1. The van der Waals surface area contributed by atoms with E-state index in [9.17, 15) is 18.0 Å². The summed E-state index contributed by atoms with van der Waals surface area (Å²) >= 11 is 5.79. The van der Waals surface area contributed by atoms with Crippen molar-refractivity contribution in [3.05, 3.63) is 34.9 Å². The monoisotopic (exact) mass is 305 g/mol. The van der Waals surface area contributed by atoms with E-state index in [-0.39, 0.29) is 24.8 Å². The lowest BCUT2D eigenvalue weighted by Gasteiger charge is -2.22. The first-order valence-electron chi connectivity index (χ1n) is 6.45. The Morgan fingerprint density at radius 1 is 1.35 bits per heavy atom. The maximum Gasteiger partial charge on any atom is 0.401 e. The summed E-state index contributed by atoms with van der Waals surface area (Å²) in [5.41, 5.74) is 0.445. The summed E-state index contributed by atoms with van der Waals surface area (Å²) in [5, 5.41) is 0.449. The van der Waals surface area contributed by atoms with Crippen molar-refractivity contribution in [3.63, 3.8) is 0 Å². The van der Waals surface area contributed by atoms with Gasteiger partial charge in [-0.1, -0.05) is 23.7 Å². The molecule has 0 amide bonds. The highest BCUT2D eigenvalue weighted by atomic mass is 35.5. The van der Waals surface area contributed by atoms with Gasteiger partial charge in [0.05, 0.1) is 6.54 Å². The van der Waals surface area contributed by atoms with Gasteiger partial charge < -0.3 is 0 Å². The summed E-state index contributed by atoms with van der Waals surface area (Å²) in [6.45, 7) is -0.810. The molecule has 0 saturated heterocycles. The van der Waals surface area contributed by atoms with E-state index < -0.39 is 12.7 Å². The van der Waals surface area contributed by atoms with Crippen molar-refractivity contribution >= 4 is 17.4 Å². The molecule has 0 N–H and O–H groups in total. The van der Waals surface area contributed by atoms with Crippen LogP contribution in [0.1, 0.15) is 29.6 Å².